The third-order valence-corrected chi connectivity index (χ3v) is 6.07. The molecule has 7 nitrogen and oxygen atoms in total. The van der Waals surface area contributed by atoms with Crippen molar-refractivity contribution in [1.82, 2.24) is 14.7 Å². The van der Waals surface area contributed by atoms with Crippen LogP contribution < -0.4 is 4.90 Å². The summed E-state index contributed by atoms with van der Waals surface area (Å²) >= 11 is 3.38. The van der Waals surface area contributed by atoms with Crippen LogP contribution in [0.25, 0.3) is 0 Å². The van der Waals surface area contributed by atoms with Gasteiger partial charge in [0.25, 0.3) is 11.8 Å². The molecule has 0 aliphatic carbocycles. The van der Waals surface area contributed by atoms with E-state index in [4.69, 9.17) is 0 Å². The third-order valence-electron chi connectivity index (χ3n) is 5.49. The SMILES string of the molecule is Cc1cccc(N2C(=O)CC(N(CCc3ccccc3)C(=O)c3nn(C)cc3Br)C2=O)c1. The van der Waals surface area contributed by atoms with E-state index in [2.05, 4.69) is 21.0 Å². The fourth-order valence-corrected chi connectivity index (χ4v) is 4.48. The van der Waals surface area contributed by atoms with Crippen molar-refractivity contribution >= 4 is 39.3 Å². The number of imide groups is 1. The van der Waals surface area contributed by atoms with Crippen LogP contribution in [0.1, 0.15) is 28.0 Å². The maximum atomic E-state index is 13.5. The summed E-state index contributed by atoms with van der Waals surface area (Å²) < 4.78 is 2.08. The van der Waals surface area contributed by atoms with Gasteiger partial charge >= 0.3 is 0 Å². The van der Waals surface area contributed by atoms with Gasteiger partial charge in [-0.25, -0.2) is 4.90 Å². The van der Waals surface area contributed by atoms with Gasteiger partial charge in [0.05, 0.1) is 16.6 Å². The number of hydrogen-bond donors (Lipinski definition) is 0. The Morgan fingerprint density at radius 1 is 1.16 bits per heavy atom. The number of halogens is 1. The number of carbonyl (C=O) groups is 3. The summed E-state index contributed by atoms with van der Waals surface area (Å²) in [5.41, 5.74) is 2.73. The third kappa shape index (κ3) is 4.36. The number of aromatic nitrogens is 2. The average molecular weight is 495 g/mol. The summed E-state index contributed by atoms with van der Waals surface area (Å²) in [5, 5.41) is 4.26. The van der Waals surface area contributed by atoms with Gasteiger partial charge in [0, 0.05) is 19.8 Å². The summed E-state index contributed by atoms with van der Waals surface area (Å²) in [6.45, 7) is 2.19. The molecule has 4 rings (SSSR count). The molecule has 0 saturated carbocycles. The summed E-state index contributed by atoms with van der Waals surface area (Å²) in [5.74, 6) is -1.09. The minimum Gasteiger partial charge on any atom is -0.324 e. The maximum Gasteiger partial charge on any atom is 0.276 e. The van der Waals surface area contributed by atoms with E-state index in [1.165, 1.54) is 14.5 Å². The van der Waals surface area contributed by atoms with Crippen LogP contribution in [-0.4, -0.2) is 45.0 Å². The molecule has 1 aromatic heterocycles. The van der Waals surface area contributed by atoms with E-state index in [1.54, 1.807) is 25.4 Å². The predicted molar refractivity (Wildman–Crippen MR) is 124 cm³/mol. The topological polar surface area (TPSA) is 75.5 Å². The Morgan fingerprint density at radius 2 is 1.91 bits per heavy atom. The van der Waals surface area contributed by atoms with E-state index in [0.717, 1.165) is 11.1 Å². The number of nitrogens with zero attached hydrogens (tertiary/aromatic N) is 4. The molecule has 1 unspecified atom stereocenters. The van der Waals surface area contributed by atoms with Crippen molar-refractivity contribution in [2.45, 2.75) is 25.8 Å². The maximum absolute atomic E-state index is 13.5. The molecule has 2 heterocycles. The van der Waals surface area contributed by atoms with E-state index < -0.39 is 11.9 Å². The Balaban J connectivity index is 1.65. The predicted octanol–water partition coefficient (Wildman–Crippen LogP) is 3.51. The molecule has 1 atom stereocenters. The first kappa shape index (κ1) is 22.0. The van der Waals surface area contributed by atoms with Gasteiger partial charge in [0.2, 0.25) is 5.91 Å². The van der Waals surface area contributed by atoms with Gasteiger partial charge in [-0.2, -0.15) is 5.10 Å². The van der Waals surface area contributed by atoms with Crippen LogP contribution in [0.4, 0.5) is 5.69 Å². The van der Waals surface area contributed by atoms with Crippen LogP contribution in [0.2, 0.25) is 0 Å². The van der Waals surface area contributed by atoms with Crippen LogP contribution in [0.3, 0.4) is 0 Å². The van der Waals surface area contributed by atoms with Crippen LogP contribution >= 0.6 is 15.9 Å². The smallest absolute Gasteiger partial charge is 0.276 e. The molecule has 2 aromatic carbocycles. The van der Waals surface area contributed by atoms with Crippen LogP contribution in [0.15, 0.2) is 65.3 Å². The van der Waals surface area contributed by atoms with E-state index in [0.29, 0.717) is 16.6 Å². The lowest BCUT2D eigenvalue weighted by molar-refractivity contribution is -0.122. The minimum atomic E-state index is -0.881. The van der Waals surface area contributed by atoms with Crippen molar-refractivity contribution < 1.29 is 14.4 Å². The highest BCUT2D eigenvalue weighted by atomic mass is 79.9. The van der Waals surface area contributed by atoms with E-state index >= 15 is 0 Å². The highest BCUT2D eigenvalue weighted by Crippen LogP contribution is 2.28. The standard InChI is InChI=1S/C24H23BrN4O3/c1-16-7-6-10-18(13-16)29-21(30)14-20(23(29)31)28(12-11-17-8-4-3-5-9-17)24(32)22-19(25)15-27(2)26-22/h3-10,13,15,20H,11-12,14H2,1-2H3. The average Bonchev–Trinajstić information content (AvgIpc) is 3.26. The zero-order chi connectivity index (χ0) is 22.8. The molecular weight excluding hydrogens is 472 g/mol. The summed E-state index contributed by atoms with van der Waals surface area (Å²) in [6.07, 6.45) is 2.18. The molecule has 0 spiro atoms. The number of anilines is 1. The lowest BCUT2D eigenvalue weighted by atomic mass is 10.1. The number of carbonyl (C=O) groups excluding carboxylic acids is 3. The van der Waals surface area contributed by atoms with Gasteiger partial charge in [-0.05, 0) is 52.5 Å². The van der Waals surface area contributed by atoms with E-state index in [1.807, 2.05) is 49.4 Å². The first-order valence-corrected chi connectivity index (χ1v) is 11.1. The number of rotatable bonds is 6. The van der Waals surface area contributed by atoms with Crippen LogP contribution in [0.5, 0.6) is 0 Å². The van der Waals surface area contributed by atoms with Crippen molar-refractivity contribution in [3.05, 3.63) is 82.1 Å². The molecule has 3 aromatic rings. The molecule has 0 radical (unpaired) electrons. The summed E-state index contributed by atoms with van der Waals surface area (Å²) in [4.78, 5) is 42.4. The van der Waals surface area contributed by atoms with Gasteiger partial charge in [-0.3, -0.25) is 19.1 Å². The molecule has 164 valence electrons. The Kier molecular flexibility index (Phi) is 6.23. The quantitative estimate of drug-likeness (QED) is 0.491. The molecule has 1 aliphatic rings. The summed E-state index contributed by atoms with van der Waals surface area (Å²) in [7, 11) is 1.72. The van der Waals surface area contributed by atoms with Gasteiger partial charge in [0.1, 0.15) is 6.04 Å². The van der Waals surface area contributed by atoms with Crippen LogP contribution in [0, 0.1) is 6.92 Å². The van der Waals surface area contributed by atoms with Crippen molar-refractivity contribution in [1.29, 1.82) is 0 Å². The molecule has 0 bridgehead atoms. The van der Waals surface area contributed by atoms with E-state index in [9.17, 15) is 14.4 Å². The van der Waals surface area contributed by atoms with Gasteiger partial charge in [-0.15, -0.1) is 0 Å². The van der Waals surface area contributed by atoms with Crippen LogP contribution in [-0.2, 0) is 23.1 Å². The van der Waals surface area contributed by atoms with Gasteiger partial charge < -0.3 is 4.90 Å². The molecule has 32 heavy (non-hydrogen) atoms. The highest BCUT2D eigenvalue weighted by molar-refractivity contribution is 9.10. The number of hydrogen-bond acceptors (Lipinski definition) is 4. The zero-order valence-electron chi connectivity index (χ0n) is 17.9. The molecule has 3 amide bonds. The van der Waals surface area contributed by atoms with Crippen molar-refractivity contribution in [2.75, 3.05) is 11.4 Å². The first-order chi connectivity index (χ1) is 15.3. The molecular formula is C24H23BrN4O3. The lowest BCUT2D eigenvalue weighted by Crippen LogP contribution is -2.46. The molecule has 0 N–H and O–H groups in total. The number of benzene rings is 2. The second-order valence-corrected chi connectivity index (χ2v) is 8.71. The lowest BCUT2D eigenvalue weighted by Gasteiger charge is -2.27. The largest absolute Gasteiger partial charge is 0.324 e. The van der Waals surface area contributed by atoms with Gasteiger partial charge in [-0.1, -0.05) is 42.5 Å². The number of aryl methyl sites for hydroxylation is 2. The zero-order valence-corrected chi connectivity index (χ0v) is 19.4. The van der Waals surface area contributed by atoms with E-state index in [-0.39, 0.29) is 30.5 Å². The second-order valence-electron chi connectivity index (χ2n) is 7.86. The fourth-order valence-electron chi connectivity index (χ4n) is 3.93. The monoisotopic (exact) mass is 494 g/mol. The summed E-state index contributed by atoms with van der Waals surface area (Å²) in [6, 6.07) is 16.1. The Morgan fingerprint density at radius 3 is 2.56 bits per heavy atom. The highest BCUT2D eigenvalue weighted by Gasteiger charge is 2.45. The Labute approximate surface area is 194 Å². The first-order valence-electron chi connectivity index (χ1n) is 10.3. The van der Waals surface area contributed by atoms with Gasteiger partial charge in [0.15, 0.2) is 5.69 Å². The van der Waals surface area contributed by atoms with Crippen molar-refractivity contribution in [3.8, 4) is 0 Å². The number of amides is 3. The molecule has 1 aliphatic heterocycles. The Bertz CT molecular complexity index is 1170. The molecule has 8 heteroatoms. The minimum absolute atomic E-state index is 0.0578. The molecule has 1 fully saturated rings. The fraction of sp³-hybridized carbons (Fsp3) is 0.250. The Hall–Kier alpha value is -3.26. The molecule has 1 saturated heterocycles. The second kappa shape index (κ2) is 9.08. The normalized spacial score (nSPS) is 16.0. The van der Waals surface area contributed by atoms with Crippen molar-refractivity contribution in [2.24, 2.45) is 7.05 Å². The van der Waals surface area contributed by atoms with Crippen molar-refractivity contribution in [3.63, 3.8) is 0 Å².